The summed E-state index contributed by atoms with van der Waals surface area (Å²) in [5.41, 5.74) is 5.38. The highest BCUT2D eigenvalue weighted by Gasteiger charge is 2.32. The van der Waals surface area contributed by atoms with Gasteiger partial charge in [-0.15, -0.1) is 13.2 Å². The van der Waals surface area contributed by atoms with Gasteiger partial charge in [0.25, 0.3) is 5.91 Å². The Bertz CT molecular complexity index is 567. The van der Waals surface area contributed by atoms with Crippen molar-refractivity contribution in [2.45, 2.75) is 6.36 Å². The molecule has 9 heteroatoms. The van der Waals surface area contributed by atoms with Gasteiger partial charge in [-0.1, -0.05) is 0 Å². The zero-order valence-electron chi connectivity index (χ0n) is 10.9. The molecule has 0 aliphatic carbocycles. The van der Waals surface area contributed by atoms with Crippen molar-refractivity contribution in [3.63, 3.8) is 0 Å². The van der Waals surface area contributed by atoms with Gasteiger partial charge in [0.15, 0.2) is 5.75 Å². The summed E-state index contributed by atoms with van der Waals surface area (Å²) in [7, 11) is -0.917. The molecule has 1 aliphatic heterocycles. The molecule has 2 rings (SSSR count). The van der Waals surface area contributed by atoms with Crippen LogP contribution in [0.15, 0.2) is 18.2 Å². The van der Waals surface area contributed by atoms with Crippen LogP contribution in [-0.4, -0.2) is 46.0 Å². The standard InChI is InChI=1S/C12H13F3N2O3S/c13-12(14,15)20-10-2-1-8(7-9(10)16)11(18)17-3-5-21(19)6-4-17/h1-2,7H,3-6,16H2. The van der Waals surface area contributed by atoms with E-state index in [2.05, 4.69) is 4.74 Å². The first-order chi connectivity index (χ1) is 9.76. The number of hydrogen-bond acceptors (Lipinski definition) is 4. The summed E-state index contributed by atoms with van der Waals surface area (Å²) in [6.45, 7) is 0.707. The Labute approximate surface area is 121 Å². The summed E-state index contributed by atoms with van der Waals surface area (Å²) in [6.07, 6.45) is -4.84. The number of carbonyl (C=O) groups is 1. The molecule has 0 atom stereocenters. The lowest BCUT2D eigenvalue weighted by atomic mass is 10.1. The normalized spacial score (nSPS) is 16.8. The van der Waals surface area contributed by atoms with Gasteiger partial charge in [0.05, 0.1) is 5.69 Å². The molecule has 1 aliphatic rings. The SMILES string of the molecule is Nc1cc(C(=O)N2CCS(=O)CC2)ccc1OC(F)(F)F. The Morgan fingerprint density at radius 3 is 2.43 bits per heavy atom. The number of nitrogens with zero attached hydrogens (tertiary/aromatic N) is 1. The van der Waals surface area contributed by atoms with Crippen LogP contribution in [0.4, 0.5) is 18.9 Å². The number of rotatable bonds is 2. The van der Waals surface area contributed by atoms with Crippen LogP contribution in [0.3, 0.4) is 0 Å². The molecule has 5 nitrogen and oxygen atoms in total. The van der Waals surface area contributed by atoms with Gasteiger partial charge in [-0.05, 0) is 18.2 Å². The number of benzene rings is 1. The molecule has 1 amide bonds. The Morgan fingerprint density at radius 2 is 1.90 bits per heavy atom. The molecule has 2 N–H and O–H groups in total. The van der Waals surface area contributed by atoms with E-state index in [4.69, 9.17) is 5.73 Å². The number of carbonyl (C=O) groups excluding carboxylic acids is 1. The van der Waals surface area contributed by atoms with Gasteiger partial charge in [-0.25, -0.2) is 0 Å². The van der Waals surface area contributed by atoms with Crippen molar-refractivity contribution in [3.8, 4) is 5.75 Å². The zero-order chi connectivity index (χ0) is 15.6. The third-order valence-corrected chi connectivity index (χ3v) is 4.22. The minimum absolute atomic E-state index is 0.176. The number of halogens is 3. The summed E-state index contributed by atoms with van der Waals surface area (Å²) in [4.78, 5) is 13.7. The lowest BCUT2D eigenvalue weighted by Gasteiger charge is -2.26. The lowest BCUT2D eigenvalue weighted by molar-refractivity contribution is -0.274. The van der Waals surface area contributed by atoms with Gasteiger partial charge in [-0.3, -0.25) is 9.00 Å². The average Bonchev–Trinajstić information content (AvgIpc) is 2.40. The van der Waals surface area contributed by atoms with Crippen LogP contribution in [0.1, 0.15) is 10.4 Å². The summed E-state index contributed by atoms with van der Waals surface area (Å²) in [5.74, 6) is -0.0942. The van der Waals surface area contributed by atoms with Crippen molar-refractivity contribution < 1.29 is 26.9 Å². The van der Waals surface area contributed by atoms with E-state index in [-0.39, 0.29) is 17.2 Å². The van der Waals surface area contributed by atoms with Crippen LogP contribution in [0.5, 0.6) is 5.75 Å². The predicted octanol–water partition coefficient (Wildman–Crippen LogP) is 1.37. The second-order valence-electron chi connectivity index (χ2n) is 4.44. The van der Waals surface area contributed by atoms with Crippen molar-refractivity contribution >= 4 is 22.4 Å². The Balaban J connectivity index is 2.12. The maximum atomic E-state index is 12.2. The molecular formula is C12H13F3N2O3S. The molecule has 1 fully saturated rings. The van der Waals surface area contributed by atoms with Gasteiger partial charge in [0.1, 0.15) is 0 Å². The monoisotopic (exact) mass is 322 g/mol. The van der Waals surface area contributed by atoms with E-state index in [0.717, 1.165) is 12.1 Å². The molecule has 116 valence electrons. The van der Waals surface area contributed by atoms with Gasteiger partial charge < -0.3 is 15.4 Å². The third-order valence-electron chi connectivity index (χ3n) is 2.95. The molecule has 0 radical (unpaired) electrons. The first-order valence-corrected chi connectivity index (χ1v) is 7.54. The third kappa shape index (κ3) is 4.10. The van der Waals surface area contributed by atoms with Crippen LogP contribution >= 0.6 is 0 Å². The maximum Gasteiger partial charge on any atom is 0.573 e. The van der Waals surface area contributed by atoms with Crippen molar-refractivity contribution in [1.29, 1.82) is 0 Å². The topological polar surface area (TPSA) is 72.6 Å². The fraction of sp³-hybridized carbons (Fsp3) is 0.417. The van der Waals surface area contributed by atoms with E-state index in [9.17, 15) is 22.2 Å². The number of hydrogen-bond donors (Lipinski definition) is 1. The van der Waals surface area contributed by atoms with Crippen LogP contribution in [0.25, 0.3) is 0 Å². The van der Waals surface area contributed by atoms with Gasteiger partial charge in [-0.2, -0.15) is 0 Å². The number of alkyl halides is 3. The van der Waals surface area contributed by atoms with Gasteiger partial charge in [0.2, 0.25) is 0 Å². The minimum Gasteiger partial charge on any atom is -0.404 e. The Kier molecular flexibility index (Phi) is 4.40. The number of nitrogen functional groups attached to an aromatic ring is 1. The van der Waals surface area contributed by atoms with Gasteiger partial charge in [0, 0.05) is 41.0 Å². The first-order valence-electron chi connectivity index (χ1n) is 6.06. The maximum absolute atomic E-state index is 12.2. The molecule has 0 saturated carbocycles. The highest BCUT2D eigenvalue weighted by Crippen LogP contribution is 2.29. The summed E-state index contributed by atoms with van der Waals surface area (Å²) in [6, 6.07) is 3.39. The number of ether oxygens (including phenoxy) is 1. The molecule has 21 heavy (non-hydrogen) atoms. The first kappa shape index (κ1) is 15.6. The highest BCUT2D eigenvalue weighted by molar-refractivity contribution is 7.85. The van der Waals surface area contributed by atoms with Crippen LogP contribution in [0, 0.1) is 0 Å². The van der Waals surface area contributed by atoms with E-state index in [0.29, 0.717) is 24.6 Å². The molecule has 0 unspecified atom stereocenters. The molecule has 1 saturated heterocycles. The van der Waals surface area contributed by atoms with Crippen molar-refractivity contribution in [2.24, 2.45) is 0 Å². The average molecular weight is 322 g/mol. The van der Waals surface area contributed by atoms with E-state index in [1.54, 1.807) is 0 Å². The van der Waals surface area contributed by atoms with E-state index >= 15 is 0 Å². The second kappa shape index (κ2) is 5.92. The van der Waals surface area contributed by atoms with E-state index in [1.165, 1.54) is 11.0 Å². The van der Waals surface area contributed by atoms with E-state index < -0.39 is 22.9 Å². The molecule has 0 spiro atoms. The zero-order valence-corrected chi connectivity index (χ0v) is 11.7. The summed E-state index contributed by atoms with van der Waals surface area (Å²) >= 11 is 0. The summed E-state index contributed by atoms with van der Waals surface area (Å²) < 4.78 is 51.3. The fourth-order valence-electron chi connectivity index (χ4n) is 1.92. The number of anilines is 1. The van der Waals surface area contributed by atoms with Crippen LogP contribution in [-0.2, 0) is 10.8 Å². The largest absolute Gasteiger partial charge is 0.573 e. The summed E-state index contributed by atoms with van der Waals surface area (Å²) in [5, 5.41) is 0. The number of amides is 1. The quantitative estimate of drug-likeness (QED) is 0.835. The second-order valence-corrected chi connectivity index (χ2v) is 6.14. The van der Waals surface area contributed by atoms with Crippen molar-refractivity contribution in [2.75, 3.05) is 30.3 Å². The molecule has 1 aromatic rings. The van der Waals surface area contributed by atoms with Gasteiger partial charge >= 0.3 is 6.36 Å². The minimum atomic E-state index is -4.84. The molecule has 0 bridgehead atoms. The highest BCUT2D eigenvalue weighted by atomic mass is 32.2. The lowest BCUT2D eigenvalue weighted by Crippen LogP contribution is -2.41. The fourth-order valence-corrected chi connectivity index (χ4v) is 2.97. The van der Waals surface area contributed by atoms with Crippen molar-refractivity contribution in [1.82, 2.24) is 4.90 Å². The Morgan fingerprint density at radius 1 is 1.29 bits per heavy atom. The van der Waals surface area contributed by atoms with Crippen LogP contribution in [0.2, 0.25) is 0 Å². The Hall–Kier alpha value is -1.77. The van der Waals surface area contributed by atoms with Crippen LogP contribution < -0.4 is 10.5 Å². The number of nitrogens with two attached hydrogens (primary N) is 1. The molecule has 1 heterocycles. The smallest absolute Gasteiger partial charge is 0.404 e. The molecule has 1 aromatic carbocycles. The molecular weight excluding hydrogens is 309 g/mol. The molecule has 0 aromatic heterocycles. The van der Waals surface area contributed by atoms with Crippen molar-refractivity contribution in [3.05, 3.63) is 23.8 Å². The predicted molar refractivity (Wildman–Crippen MR) is 71.3 cm³/mol. The van der Waals surface area contributed by atoms with E-state index in [1.807, 2.05) is 0 Å².